The number of hydrogen-bond donors (Lipinski definition) is 1. The Bertz CT molecular complexity index is 587. The van der Waals surface area contributed by atoms with Crippen molar-refractivity contribution in [3.63, 3.8) is 0 Å². The van der Waals surface area contributed by atoms with Gasteiger partial charge in [-0.1, -0.05) is 15.9 Å². The Morgan fingerprint density at radius 3 is 2.21 bits per heavy atom. The van der Waals surface area contributed by atoms with Crippen molar-refractivity contribution in [2.24, 2.45) is 0 Å². The van der Waals surface area contributed by atoms with Gasteiger partial charge in [-0.15, -0.1) is 11.3 Å². The molecule has 1 unspecified atom stereocenters. The van der Waals surface area contributed by atoms with Crippen molar-refractivity contribution in [3.8, 4) is 0 Å². The van der Waals surface area contributed by atoms with E-state index in [0.29, 0.717) is 0 Å². The first-order chi connectivity index (χ1) is 8.88. The van der Waals surface area contributed by atoms with Gasteiger partial charge < -0.3 is 5.32 Å². The Hall–Kier alpha value is 0.0900. The van der Waals surface area contributed by atoms with Gasteiger partial charge in [0.25, 0.3) is 0 Å². The lowest BCUT2D eigenvalue weighted by molar-refractivity contribution is 0.835. The quantitative estimate of drug-likeness (QED) is 0.578. The highest BCUT2D eigenvalue weighted by Crippen LogP contribution is 2.37. The number of rotatable bonds is 3. The van der Waals surface area contributed by atoms with E-state index in [4.69, 9.17) is 0 Å². The van der Waals surface area contributed by atoms with E-state index in [-0.39, 0.29) is 6.04 Å². The topological polar surface area (TPSA) is 24.9 Å². The van der Waals surface area contributed by atoms with Crippen molar-refractivity contribution in [3.05, 3.63) is 41.1 Å². The molecule has 0 amide bonds. The van der Waals surface area contributed by atoms with Crippen LogP contribution in [0.2, 0.25) is 0 Å². The van der Waals surface area contributed by atoms with Crippen LogP contribution in [-0.2, 0) is 0 Å². The first-order valence-corrected chi connectivity index (χ1v) is 8.93. The summed E-state index contributed by atoms with van der Waals surface area (Å²) in [5.74, 6) is 0. The molecule has 0 aliphatic rings. The van der Waals surface area contributed by atoms with Gasteiger partial charge in [0, 0.05) is 18.3 Å². The number of thiazole rings is 1. The summed E-state index contributed by atoms with van der Waals surface area (Å²) in [6.07, 6.45) is 0. The first kappa shape index (κ1) is 15.5. The molecule has 1 aromatic carbocycles. The van der Waals surface area contributed by atoms with E-state index in [9.17, 15) is 0 Å². The van der Waals surface area contributed by atoms with Crippen LogP contribution in [0.5, 0.6) is 0 Å². The van der Waals surface area contributed by atoms with E-state index >= 15 is 0 Å². The van der Waals surface area contributed by atoms with Gasteiger partial charge >= 0.3 is 0 Å². The molecule has 1 atom stereocenters. The van der Waals surface area contributed by atoms with Crippen molar-refractivity contribution in [2.75, 3.05) is 5.32 Å². The molecule has 0 saturated heterocycles. The van der Waals surface area contributed by atoms with Crippen molar-refractivity contribution >= 4 is 64.8 Å². The van der Waals surface area contributed by atoms with Gasteiger partial charge in [0.1, 0.15) is 0 Å². The summed E-state index contributed by atoms with van der Waals surface area (Å²) >= 11 is 12.4. The van der Waals surface area contributed by atoms with Crippen molar-refractivity contribution < 1.29 is 0 Å². The number of halogens is 3. The highest BCUT2D eigenvalue weighted by molar-refractivity contribution is 9.11. The molecule has 19 heavy (non-hydrogen) atoms. The summed E-state index contributed by atoms with van der Waals surface area (Å²) in [5, 5.41) is 4.61. The van der Waals surface area contributed by atoms with Crippen LogP contribution in [0.25, 0.3) is 0 Å². The molecule has 2 rings (SSSR count). The lowest BCUT2D eigenvalue weighted by Crippen LogP contribution is -2.09. The Kier molecular flexibility index (Phi) is 5.09. The first-order valence-electron chi connectivity index (χ1n) is 5.73. The van der Waals surface area contributed by atoms with Gasteiger partial charge in [-0.25, -0.2) is 4.98 Å². The number of nitrogens with one attached hydrogen (secondary N) is 1. The van der Waals surface area contributed by atoms with Crippen LogP contribution in [0, 0.1) is 13.8 Å². The molecule has 0 saturated carbocycles. The fraction of sp³-hybridized carbons (Fsp3) is 0.308. The van der Waals surface area contributed by atoms with Crippen molar-refractivity contribution in [1.82, 2.24) is 4.98 Å². The Labute approximate surface area is 142 Å². The third-order valence-electron chi connectivity index (χ3n) is 2.72. The van der Waals surface area contributed by atoms with Crippen LogP contribution >= 0.6 is 59.1 Å². The van der Waals surface area contributed by atoms with Crippen LogP contribution in [0.15, 0.2) is 25.6 Å². The Morgan fingerprint density at radius 2 is 1.74 bits per heavy atom. The predicted octanol–water partition coefficient (Wildman–Crippen LogP) is 6.22. The van der Waals surface area contributed by atoms with Gasteiger partial charge in [-0.3, -0.25) is 0 Å². The summed E-state index contributed by atoms with van der Waals surface area (Å²) in [6, 6.07) is 4.22. The Morgan fingerprint density at radius 1 is 1.16 bits per heavy atom. The number of hydrogen-bond acceptors (Lipinski definition) is 3. The monoisotopic (exact) mass is 466 g/mol. The summed E-state index contributed by atoms with van der Waals surface area (Å²) < 4.78 is 3.07. The van der Waals surface area contributed by atoms with Crippen LogP contribution in [-0.4, -0.2) is 4.98 Å². The second-order valence-electron chi connectivity index (χ2n) is 4.28. The van der Waals surface area contributed by atoms with Crippen LogP contribution in [0.3, 0.4) is 0 Å². The highest BCUT2D eigenvalue weighted by atomic mass is 79.9. The molecule has 0 fully saturated rings. The third kappa shape index (κ3) is 3.60. The van der Waals surface area contributed by atoms with Crippen molar-refractivity contribution in [1.29, 1.82) is 0 Å². The molecule has 2 aromatic rings. The molecule has 0 aliphatic carbocycles. The molecule has 1 heterocycles. The summed E-state index contributed by atoms with van der Waals surface area (Å²) in [4.78, 5) is 5.86. The second kappa shape index (κ2) is 6.24. The number of anilines is 1. The maximum atomic E-state index is 4.60. The average molecular weight is 469 g/mol. The maximum absolute atomic E-state index is 4.60. The lowest BCUT2D eigenvalue weighted by atomic mass is 10.2. The highest BCUT2D eigenvalue weighted by Gasteiger charge is 2.16. The third-order valence-corrected chi connectivity index (χ3v) is 5.33. The molecule has 102 valence electrons. The van der Waals surface area contributed by atoms with Crippen LogP contribution < -0.4 is 5.32 Å². The predicted molar refractivity (Wildman–Crippen MR) is 93.2 cm³/mol. The zero-order chi connectivity index (χ0) is 14.2. The number of nitrogens with zero attached hydrogens (tertiary/aromatic N) is 1. The SMILES string of the molecule is Cc1nc(C(C)Nc2c(Br)cc(Br)cc2Br)c(C)s1. The van der Waals surface area contributed by atoms with Gasteiger partial charge in [0.05, 0.1) is 22.4 Å². The van der Waals surface area contributed by atoms with E-state index < -0.39 is 0 Å². The van der Waals surface area contributed by atoms with E-state index in [0.717, 1.165) is 29.8 Å². The zero-order valence-electron chi connectivity index (χ0n) is 10.7. The van der Waals surface area contributed by atoms with Crippen LogP contribution in [0.1, 0.15) is 28.5 Å². The number of benzene rings is 1. The molecular weight excluding hydrogens is 456 g/mol. The Balaban J connectivity index is 2.29. The second-order valence-corrected chi connectivity index (χ2v) is 8.32. The molecule has 0 spiro atoms. The molecular formula is C13H13Br3N2S. The standard InChI is InChI=1S/C13H13Br3N2S/c1-6(12-7(2)19-8(3)18-12)17-13-10(15)4-9(14)5-11(13)16/h4-6,17H,1-3H3. The summed E-state index contributed by atoms with van der Waals surface area (Å²) in [7, 11) is 0. The lowest BCUT2D eigenvalue weighted by Gasteiger charge is -2.17. The van der Waals surface area contributed by atoms with Crippen LogP contribution in [0.4, 0.5) is 5.69 Å². The van der Waals surface area contributed by atoms with Crippen molar-refractivity contribution in [2.45, 2.75) is 26.8 Å². The minimum Gasteiger partial charge on any atom is -0.375 e. The van der Waals surface area contributed by atoms with E-state index in [1.54, 1.807) is 11.3 Å². The van der Waals surface area contributed by atoms with Gasteiger partial charge in [0.15, 0.2) is 0 Å². The van der Waals surface area contributed by atoms with E-state index in [1.165, 1.54) is 4.88 Å². The molecule has 0 radical (unpaired) electrons. The van der Waals surface area contributed by atoms with Gasteiger partial charge in [0.2, 0.25) is 0 Å². The summed E-state index contributed by atoms with van der Waals surface area (Å²) in [6.45, 7) is 6.28. The molecule has 6 heteroatoms. The molecule has 2 nitrogen and oxygen atoms in total. The minimum absolute atomic E-state index is 0.165. The summed E-state index contributed by atoms with van der Waals surface area (Å²) in [5.41, 5.74) is 2.16. The maximum Gasteiger partial charge on any atom is 0.0901 e. The van der Waals surface area contributed by atoms with E-state index in [2.05, 4.69) is 71.9 Å². The molecule has 0 bridgehead atoms. The largest absolute Gasteiger partial charge is 0.375 e. The number of aryl methyl sites for hydroxylation is 2. The molecule has 0 aliphatic heterocycles. The average Bonchev–Trinajstić information content (AvgIpc) is 2.62. The minimum atomic E-state index is 0.165. The van der Waals surface area contributed by atoms with Gasteiger partial charge in [-0.05, 0) is 64.8 Å². The fourth-order valence-corrected chi connectivity index (χ4v) is 5.31. The van der Waals surface area contributed by atoms with Gasteiger partial charge in [-0.2, -0.15) is 0 Å². The number of aromatic nitrogens is 1. The zero-order valence-corrected chi connectivity index (χ0v) is 16.3. The normalized spacial score (nSPS) is 12.5. The van der Waals surface area contributed by atoms with E-state index in [1.807, 2.05) is 19.1 Å². The molecule has 1 aromatic heterocycles. The fourth-order valence-electron chi connectivity index (χ4n) is 1.91. The smallest absolute Gasteiger partial charge is 0.0901 e. The molecule has 1 N–H and O–H groups in total.